The zero-order chi connectivity index (χ0) is 15.7. The van der Waals surface area contributed by atoms with Gasteiger partial charge >= 0.3 is 21.7 Å². The van der Waals surface area contributed by atoms with Crippen molar-refractivity contribution in [2.24, 2.45) is 0 Å². The third kappa shape index (κ3) is 6.29. The summed E-state index contributed by atoms with van der Waals surface area (Å²) in [5.74, 6) is 0.312. The Morgan fingerprint density at radius 3 is 1.58 bits per heavy atom. The number of rotatable bonds is 3. The number of hydrogen-bond donors (Lipinski definition) is 0. The molecule has 26 heavy (non-hydrogen) atoms. The summed E-state index contributed by atoms with van der Waals surface area (Å²) in [4.78, 5) is 0. The van der Waals surface area contributed by atoms with E-state index in [2.05, 4.69) is 82.3 Å². The van der Waals surface area contributed by atoms with E-state index in [0.29, 0.717) is 5.92 Å². The van der Waals surface area contributed by atoms with Gasteiger partial charge in [0.25, 0.3) is 0 Å². The maximum atomic E-state index is 3.64. The first-order chi connectivity index (χ1) is 10.5. The molecule has 0 amide bonds. The maximum Gasteiger partial charge on any atom is 4.00 e. The minimum absolute atomic E-state index is 0. The van der Waals surface area contributed by atoms with Crippen molar-refractivity contribution in [1.82, 2.24) is 0 Å². The SMILES string of the molecule is CC1=C(C)CC(C(c2cccc(C)c2)c2cccc(C)c2)=[C-]1.[Cl-].[Cl-].[Cl-].[Ti+4]. The van der Waals surface area contributed by atoms with Gasteiger partial charge in [0.05, 0.1) is 0 Å². The van der Waals surface area contributed by atoms with Crippen molar-refractivity contribution < 1.29 is 58.9 Å². The van der Waals surface area contributed by atoms with Crippen LogP contribution < -0.4 is 37.2 Å². The van der Waals surface area contributed by atoms with Crippen molar-refractivity contribution in [3.05, 3.63) is 93.6 Å². The molecule has 0 heterocycles. The van der Waals surface area contributed by atoms with E-state index < -0.39 is 0 Å². The molecule has 2 aromatic carbocycles. The first kappa shape index (κ1) is 27.7. The Bertz CT molecular complexity index is 733. The fourth-order valence-corrected chi connectivity index (χ4v) is 3.28. The van der Waals surface area contributed by atoms with Crippen LogP contribution in [-0.2, 0) is 21.7 Å². The first-order valence-corrected chi connectivity index (χ1v) is 7.97. The Balaban J connectivity index is 0. The predicted octanol–water partition coefficient (Wildman–Crippen LogP) is -3.09. The number of hydrogen-bond acceptors (Lipinski definition) is 0. The van der Waals surface area contributed by atoms with Crippen molar-refractivity contribution in [1.29, 1.82) is 0 Å². The van der Waals surface area contributed by atoms with Crippen LogP contribution >= 0.6 is 0 Å². The van der Waals surface area contributed by atoms with Crippen LogP contribution in [0.5, 0.6) is 0 Å². The van der Waals surface area contributed by atoms with E-state index in [1.165, 1.54) is 39.0 Å². The van der Waals surface area contributed by atoms with Crippen molar-refractivity contribution in [3.8, 4) is 0 Å². The summed E-state index contributed by atoms with van der Waals surface area (Å²) in [5.41, 5.74) is 9.52. The van der Waals surface area contributed by atoms with Crippen LogP contribution in [0.2, 0.25) is 0 Å². The molecule has 2 aromatic rings. The maximum absolute atomic E-state index is 3.64. The average molecular weight is 442 g/mol. The van der Waals surface area contributed by atoms with E-state index in [1.54, 1.807) is 0 Å². The molecule has 1 aliphatic carbocycles. The van der Waals surface area contributed by atoms with Crippen LogP contribution in [0.3, 0.4) is 0 Å². The van der Waals surface area contributed by atoms with Gasteiger partial charge in [0.15, 0.2) is 0 Å². The molecule has 136 valence electrons. The van der Waals surface area contributed by atoms with E-state index >= 15 is 0 Å². The third-order valence-electron chi connectivity index (χ3n) is 4.54. The van der Waals surface area contributed by atoms with Crippen molar-refractivity contribution in [3.63, 3.8) is 0 Å². The quantitative estimate of drug-likeness (QED) is 0.350. The molecule has 0 unspecified atom stereocenters. The number of halogens is 3. The number of benzene rings is 2. The van der Waals surface area contributed by atoms with Gasteiger partial charge in [-0.3, -0.25) is 0 Å². The summed E-state index contributed by atoms with van der Waals surface area (Å²) in [7, 11) is 0. The topological polar surface area (TPSA) is 0 Å². The largest absolute Gasteiger partial charge is 4.00 e. The summed E-state index contributed by atoms with van der Waals surface area (Å²) in [6.45, 7) is 8.72. The minimum atomic E-state index is 0. The zero-order valence-corrected chi connectivity index (χ0v) is 19.4. The second-order valence-electron chi connectivity index (χ2n) is 6.49. The number of aryl methyl sites for hydroxylation is 2. The molecule has 0 bridgehead atoms. The van der Waals surface area contributed by atoms with Crippen LogP contribution in [0.15, 0.2) is 65.3 Å². The summed E-state index contributed by atoms with van der Waals surface area (Å²) in [6.07, 6.45) is 4.68. The Kier molecular flexibility index (Phi) is 12.9. The number of allylic oxidation sites excluding steroid dienone is 4. The van der Waals surface area contributed by atoms with Crippen molar-refractivity contribution >= 4 is 0 Å². The molecule has 0 atom stereocenters. The molecule has 4 heteroatoms. The summed E-state index contributed by atoms with van der Waals surface area (Å²) in [6, 6.07) is 17.8. The molecular formula is C22H23Cl3Ti. The van der Waals surface area contributed by atoms with Crippen molar-refractivity contribution in [2.45, 2.75) is 40.0 Å². The summed E-state index contributed by atoms with van der Waals surface area (Å²) >= 11 is 0. The normalized spacial score (nSPS) is 12.4. The van der Waals surface area contributed by atoms with Crippen LogP contribution in [0.4, 0.5) is 0 Å². The molecule has 0 aliphatic heterocycles. The average Bonchev–Trinajstić information content (AvgIpc) is 2.78. The van der Waals surface area contributed by atoms with Gasteiger partial charge in [0, 0.05) is 5.92 Å². The molecule has 0 nitrogen and oxygen atoms in total. The van der Waals surface area contributed by atoms with Gasteiger partial charge in [-0.15, -0.1) is 6.92 Å². The Morgan fingerprint density at radius 2 is 1.23 bits per heavy atom. The molecule has 0 radical (unpaired) electrons. The van der Waals surface area contributed by atoms with Crippen LogP contribution in [0, 0.1) is 19.9 Å². The van der Waals surface area contributed by atoms with E-state index in [1.807, 2.05) is 0 Å². The molecule has 0 N–H and O–H groups in total. The van der Waals surface area contributed by atoms with Gasteiger partial charge in [-0.25, -0.2) is 17.2 Å². The first-order valence-electron chi connectivity index (χ1n) is 7.97. The van der Waals surface area contributed by atoms with Gasteiger partial charge in [-0.2, -0.15) is 5.57 Å². The van der Waals surface area contributed by atoms with Crippen molar-refractivity contribution in [2.75, 3.05) is 0 Å². The minimum Gasteiger partial charge on any atom is -1.00 e. The Hall–Kier alpha value is -0.496. The molecule has 0 saturated carbocycles. The van der Waals surface area contributed by atoms with E-state index in [9.17, 15) is 0 Å². The van der Waals surface area contributed by atoms with Crippen LogP contribution in [0.1, 0.15) is 48.4 Å². The van der Waals surface area contributed by atoms with Gasteiger partial charge in [-0.1, -0.05) is 73.0 Å². The predicted molar refractivity (Wildman–Crippen MR) is 93.9 cm³/mol. The molecule has 0 saturated heterocycles. The van der Waals surface area contributed by atoms with Gasteiger partial charge in [-0.05, 0) is 25.0 Å². The zero-order valence-electron chi connectivity index (χ0n) is 15.5. The summed E-state index contributed by atoms with van der Waals surface area (Å²) < 4.78 is 0. The van der Waals surface area contributed by atoms with Gasteiger partial charge in [0.2, 0.25) is 0 Å². The second-order valence-corrected chi connectivity index (χ2v) is 6.49. The van der Waals surface area contributed by atoms with Crippen LogP contribution in [-0.4, -0.2) is 0 Å². The summed E-state index contributed by atoms with van der Waals surface area (Å²) in [5, 5.41) is 0. The second kappa shape index (κ2) is 12.1. The monoisotopic (exact) mass is 440 g/mol. The molecule has 0 fully saturated rings. The van der Waals surface area contributed by atoms with E-state index in [-0.39, 0.29) is 58.9 Å². The third-order valence-corrected chi connectivity index (χ3v) is 4.54. The van der Waals surface area contributed by atoms with Crippen LogP contribution in [0.25, 0.3) is 0 Å². The Morgan fingerprint density at radius 1 is 0.769 bits per heavy atom. The molecule has 0 spiro atoms. The molecule has 0 aromatic heterocycles. The van der Waals surface area contributed by atoms with Gasteiger partial charge < -0.3 is 37.2 Å². The Labute approximate surface area is 191 Å². The fraction of sp³-hybridized carbons (Fsp3) is 0.273. The smallest absolute Gasteiger partial charge is 1.00 e. The van der Waals surface area contributed by atoms with Gasteiger partial charge in [0.1, 0.15) is 0 Å². The fourth-order valence-electron chi connectivity index (χ4n) is 3.28. The molecule has 3 rings (SSSR count). The van der Waals surface area contributed by atoms with E-state index in [0.717, 1.165) is 6.42 Å². The van der Waals surface area contributed by atoms with E-state index in [4.69, 9.17) is 0 Å². The molecule has 1 aliphatic rings. The molecular weight excluding hydrogens is 418 g/mol. The standard InChI is InChI=1S/C22H23.3ClH.Ti/c1-15-7-5-9-19(11-15)22(20-10-6-8-16(2)12-20)21-13-17(3)18(4)14-21;;;;/h5-12,22H,13H2,1-4H3;3*1H;/q-1;;;;+4/p-3.